The Bertz CT molecular complexity index is 786. The predicted octanol–water partition coefficient (Wildman–Crippen LogP) is 2.38. The molecule has 118 valence electrons. The Balaban J connectivity index is 2.30. The molecule has 0 bridgehead atoms. The van der Waals surface area contributed by atoms with Gasteiger partial charge in [-0.2, -0.15) is 5.26 Å². The molecule has 0 saturated heterocycles. The predicted molar refractivity (Wildman–Crippen MR) is 84.9 cm³/mol. The zero-order valence-corrected chi connectivity index (χ0v) is 13.5. The van der Waals surface area contributed by atoms with Crippen molar-refractivity contribution in [2.75, 3.05) is 18.1 Å². The Morgan fingerprint density at radius 3 is 2.83 bits per heavy atom. The van der Waals surface area contributed by atoms with E-state index < -0.39 is 11.9 Å². The van der Waals surface area contributed by atoms with E-state index in [-0.39, 0.29) is 18.1 Å². The van der Waals surface area contributed by atoms with Gasteiger partial charge in [0.2, 0.25) is 0 Å². The number of hydrogen-bond donors (Lipinski definition) is 0. The first-order valence-corrected chi connectivity index (χ1v) is 7.73. The summed E-state index contributed by atoms with van der Waals surface area (Å²) in [7, 11) is 0. The summed E-state index contributed by atoms with van der Waals surface area (Å²) < 4.78 is 5.21. The molecule has 0 radical (unpaired) electrons. The van der Waals surface area contributed by atoms with Gasteiger partial charge >= 0.3 is 5.97 Å². The van der Waals surface area contributed by atoms with Gasteiger partial charge in [0, 0.05) is 6.54 Å². The lowest BCUT2D eigenvalue weighted by molar-refractivity contribution is -0.143. The molecule has 5 nitrogen and oxygen atoms in total. The van der Waals surface area contributed by atoms with Crippen molar-refractivity contribution in [1.82, 2.24) is 0 Å². The Labute approximate surface area is 135 Å². The first-order chi connectivity index (χ1) is 11.0. The van der Waals surface area contributed by atoms with Gasteiger partial charge in [-0.3, -0.25) is 9.59 Å². The van der Waals surface area contributed by atoms with Gasteiger partial charge in [0.15, 0.2) is 0 Å². The van der Waals surface area contributed by atoms with E-state index in [1.165, 1.54) is 0 Å². The highest BCUT2D eigenvalue weighted by Gasteiger charge is 2.40. The van der Waals surface area contributed by atoms with Crippen molar-refractivity contribution in [2.45, 2.75) is 33.1 Å². The number of amides is 1. The van der Waals surface area contributed by atoms with E-state index in [0.29, 0.717) is 12.1 Å². The average Bonchev–Trinajstić information content (AvgIpc) is 2.93. The van der Waals surface area contributed by atoms with Crippen LogP contribution in [0.1, 0.15) is 36.5 Å². The third-order valence-electron chi connectivity index (χ3n) is 4.63. The normalized spacial score (nSPS) is 19.3. The number of ether oxygens (including phenoxy) is 1. The molecule has 1 unspecified atom stereocenters. The molecule has 5 heteroatoms. The summed E-state index contributed by atoms with van der Waals surface area (Å²) in [5.74, 6) is -1.43. The molecule has 1 aromatic rings. The van der Waals surface area contributed by atoms with Crippen LogP contribution in [0.5, 0.6) is 0 Å². The number of benzene rings is 1. The summed E-state index contributed by atoms with van der Waals surface area (Å²) in [6.45, 7) is 6.22. The summed E-state index contributed by atoms with van der Waals surface area (Å²) in [6, 6.07) is 5.84. The molecule has 1 atom stereocenters. The van der Waals surface area contributed by atoms with E-state index in [0.717, 1.165) is 28.8 Å². The number of aryl methyl sites for hydroxylation is 1. The number of nitrogens with zero attached hydrogens (tertiary/aromatic N) is 2. The van der Waals surface area contributed by atoms with Crippen LogP contribution in [0, 0.1) is 18.3 Å². The van der Waals surface area contributed by atoms with Crippen LogP contribution in [0.2, 0.25) is 0 Å². The fraction of sp³-hybridized carbons (Fsp3) is 0.389. The van der Waals surface area contributed by atoms with E-state index >= 15 is 0 Å². The minimum absolute atomic E-state index is 0.0461. The van der Waals surface area contributed by atoms with Crippen LogP contribution in [0.4, 0.5) is 5.69 Å². The van der Waals surface area contributed by atoms with Crippen LogP contribution >= 0.6 is 0 Å². The standard InChI is InChI=1S/C18H18N2O3/c1-4-23-18(22)15-11(3)14(9-19)17(21)20-8-7-12-10(2)5-6-13(15)16(12)20/h5-6,15H,4,7-8H2,1-3H3. The smallest absolute Gasteiger partial charge is 0.317 e. The SMILES string of the molecule is CCOC(=O)C1C(C)=C(C#N)C(=O)N2CCc3c(C)ccc1c32. The topological polar surface area (TPSA) is 70.4 Å². The summed E-state index contributed by atoms with van der Waals surface area (Å²) in [5.41, 5.74) is 4.24. The number of nitriles is 1. The molecular formula is C18H18N2O3. The maximum atomic E-state index is 12.7. The van der Waals surface area contributed by atoms with Crippen molar-refractivity contribution >= 4 is 17.6 Å². The molecule has 0 spiro atoms. The van der Waals surface area contributed by atoms with E-state index in [1.54, 1.807) is 18.7 Å². The Hall–Kier alpha value is -2.61. The first-order valence-electron chi connectivity index (χ1n) is 7.73. The van der Waals surface area contributed by atoms with Crippen LogP contribution < -0.4 is 4.90 Å². The van der Waals surface area contributed by atoms with Crippen LogP contribution in [0.25, 0.3) is 0 Å². The van der Waals surface area contributed by atoms with Gasteiger partial charge in [0.1, 0.15) is 17.6 Å². The first kappa shape index (κ1) is 15.3. The number of rotatable bonds is 2. The lowest BCUT2D eigenvalue weighted by Crippen LogP contribution is -2.29. The molecule has 23 heavy (non-hydrogen) atoms. The van der Waals surface area contributed by atoms with Gasteiger partial charge in [0.05, 0.1) is 12.3 Å². The zero-order valence-electron chi connectivity index (χ0n) is 13.5. The number of esters is 1. The number of carbonyl (C=O) groups excluding carboxylic acids is 2. The van der Waals surface area contributed by atoms with Crippen LogP contribution in [0.3, 0.4) is 0 Å². The van der Waals surface area contributed by atoms with Gasteiger partial charge < -0.3 is 9.64 Å². The van der Waals surface area contributed by atoms with E-state index in [2.05, 4.69) is 0 Å². The molecule has 1 amide bonds. The Kier molecular flexibility index (Phi) is 3.69. The molecule has 2 aliphatic rings. The van der Waals surface area contributed by atoms with Gasteiger partial charge in [-0.25, -0.2) is 0 Å². The van der Waals surface area contributed by atoms with Gasteiger partial charge in [0.25, 0.3) is 5.91 Å². The summed E-state index contributed by atoms with van der Waals surface area (Å²) in [4.78, 5) is 26.9. The molecule has 0 N–H and O–H groups in total. The minimum Gasteiger partial charge on any atom is -0.465 e. The fourth-order valence-electron chi connectivity index (χ4n) is 3.51. The number of hydrogen-bond acceptors (Lipinski definition) is 4. The Morgan fingerprint density at radius 1 is 1.43 bits per heavy atom. The van der Waals surface area contributed by atoms with Crippen molar-refractivity contribution in [1.29, 1.82) is 5.26 Å². The summed E-state index contributed by atoms with van der Waals surface area (Å²) >= 11 is 0. The molecule has 2 aliphatic heterocycles. The van der Waals surface area contributed by atoms with Crippen molar-refractivity contribution in [3.05, 3.63) is 40.0 Å². The molecule has 0 aliphatic carbocycles. The number of carbonyl (C=O) groups is 2. The molecule has 1 aromatic carbocycles. The van der Waals surface area contributed by atoms with Crippen molar-refractivity contribution < 1.29 is 14.3 Å². The Morgan fingerprint density at radius 2 is 2.17 bits per heavy atom. The second kappa shape index (κ2) is 5.54. The van der Waals surface area contributed by atoms with E-state index in [1.807, 2.05) is 25.1 Å². The van der Waals surface area contributed by atoms with E-state index in [4.69, 9.17) is 4.74 Å². The largest absolute Gasteiger partial charge is 0.465 e. The van der Waals surface area contributed by atoms with Crippen LogP contribution in [0.15, 0.2) is 23.3 Å². The third-order valence-corrected chi connectivity index (χ3v) is 4.63. The monoisotopic (exact) mass is 310 g/mol. The highest BCUT2D eigenvalue weighted by Crippen LogP contribution is 2.44. The van der Waals surface area contributed by atoms with Gasteiger partial charge in [-0.1, -0.05) is 12.1 Å². The fourth-order valence-corrected chi connectivity index (χ4v) is 3.51. The van der Waals surface area contributed by atoms with Crippen molar-refractivity contribution in [3.63, 3.8) is 0 Å². The van der Waals surface area contributed by atoms with Gasteiger partial charge in [-0.15, -0.1) is 0 Å². The molecule has 0 saturated carbocycles. The molecule has 3 rings (SSSR count). The highest BCUT2D eigenvalue weighted by atomic mass is 16.5. The maximum Gasteiger partial charge on any atom is 0.317 e. The summed E-state index contributed by atoms with van der Waals surface area (Å²) in [6.07, 6.45) is 0.744. The second-order valence-corrected chi connectivity index (χ2v) is 5.86. The van der Waals surface area contributed by atoms with E-state index in [9.17, 15) is 14.9 Å². The van der Waals surface area contributed by atoms with Crippen molar-refractivity contribution in [2.24, 2.45) is 0 Å². The van der Waals surface area contributed by atoms with Gasteiger partial charge in [-0.05, 0) is 49.5 Å². The second-order valence-electron chi connectivity index (χ2n) is 5.86. The van der Waals surface area contributed by atoms with Crippen molar-refractivity contribution in [3.8, 4) is 6.07 Å². The molecule has 2 heterocycles. The zero-order chi connectivity index (χ0) is 16.7. The molecule has 0 fully saturated rings. The minimum atomic E-state index is -0.703. The average molecular weight is 310 g/mol. The maximum absolute atomic E-state index is 12.7. The third kappa shape index (κ3) is 2.14. The number of anilines is 1. The van der Waals surface area contributed by atoms with Crippen LogP contribution in [-0.2, 0) is 20.7 Å². The highest BCUT2D eigenvalue weighted by molar-refractivity contribution is 6.13. The quantitative estimate of drug-likeness (QED) is 0.786. The molecular weight excluding hydrogens is 292 g/mol. The van der Waals surface area contributed by atoms with Crippen LogP contribution in [-0.4, -0.2) is 25.0 Å². The molecule has 0 aromatic heterocycles. The summed E-state index contributed by atoms with van der Waals surface area (Å²) in [5, 5.41) is 9.44. The lowest BCUT2D eigenvalue weighted by Gasteiger charge is -2.21. The lowest BCUT2D eigenvalue weighted by atomic mass is 9.87.